The summed E-state index contributed by atoms with van der Waals surface area (Å²) in [4.78, 5) is 12.1. The van der Waals surface area contributed by atoms with Crippen LogP contribution in [-0.4, -0.2) is 12.5 Å². The van der Waals surface area contributed by atoms with E-state index in [1.165, 1.54) is 0 Å². The molecule has 3 nitrogen and oxygen atoms in total. The predicted molar refractivity (Wildman–Crippen MR) is 76.5 cm³/mol. The quantitative estimate of drug-likeness (QED) is 0.828. The van der Waals surface area contributed by atoms with Gasteiger partial charge in [-0.05, 0) is 30.3 Å². The van der Waals surface area contributed by atoms with Gasteiger partial charge in [-0.3, -0.25) is 4.79 Å². The van der Waals surface area contributed by atoms with Crippen molar-refractivity contribution in [2.45, 2.75) is 0 Å². The maximum atomic E-state index is 12.1. The van der Waals surface area contributed by atoms with Crippen molar-refractivity contribution in [2.75, 3.05) is 11.9 Å². The molecule has 0 radical (unpaired) electrons. The van der Waals surface area contributed by atoms with Gasteiger partial charge < -0.3 is 10.1 Å². The first-order valence-corrected chi connectivity index (χ1v) is 6.00. The van der Waals surface area contributed by atoms with E-state index in [1.54, 1.807) is 24.3 Å². The first-order chi connectivity index (χ1) is 9.29. The highest BCUT2D eigenvalue weighted by Gasteiger charge is 2.06. The highest BCUT2D eigenvalue weighted by molar-refractivity contribution is 6.04. The number of carbonyl (C=O) groups is 1. The van der Waals surface area contributed by atoms with Gasteiger partial charge in [0.05, 0.1) is 0 Å². The van der Waals surface area contributed by atoms with Gasteiger partial charge in [0.2, 0.25) is 0 Å². The van der Waals surface area contributed by atoms with Gasteiger partial charge >= 0.3 is 0 Å². The minimum absolute atomic E-state index is 0.157. The lowest BCUT2D eigenvalue weighted by atomic mass is 10.2. The summed E-state index contributed by atoms with van der Waals surface area (Å²) < 4.78 is 5.40. The third kappa shape index (κ3) is 3.71. The number of hydrogen-bond acceptors (Lipinski definition) is 2. The molecule has 1 N–H and O–H groups in total. The second-order valence-corrected chi connectivity index (χ2v) is 3.95. The number of benzene rings is 2. The fourth-order valence-electron chi connectivity index (χ4n) is 1.61. The molecule has 0 unspecified atom stereocenters. The van der Waals surface area contributed by atoms with Crippen molar-refractivity contribution in [2.24, 2.45) is 0 Å². The Morgan fingerprint density at radius 3 is 2.68 bits per heavy atom. The van der Waals surface area contributed by atoms with Crippen LogP contribution in [-0.2, 0) is 0 Å². The Bertz CT molecular complexity index is 564. The smallest absolute Gasteiger partial charge is 0.255 e. The topological polar surface area (TPSA) is 38.3 Å². The van der Waals surface area contributed by atoms with Gasteiger partial charge in [0.1, 0.15) is 12.4 Å². The summed E-state index contributed by atoms with van der Waals surface area (Å²) >= 11 is 0. The van der Waals surface area contributed by atoms with E-state index in [0.717, 1.165) is 5.69 Å². The van der Waals surface area contributed by atoms with Gasteiger partial charge in [-0.1, -0.05) is 36.9 Å². The second kappa shape index (κ2) is 6.40. The van der Waals surface area contributed by atoms with Crippen molar-refractivity contribution in [1.82, 2.24) is 0 Å². The maximum absolute atomic E-state index is 12.1. The van der Waals surface area contributed by atoms with Crippen molar-refractivity contribution in [3.05, 3.63) is 72.8 Å². The van der Waals surface area contributed by atoms with Crippen molar-refractivity contribution in [3.8, 4) is 5.75 Å². The lowest BCUT2D eigenvalue weighted by Gasteiger charge is -2.07. The Hall–Kier alpha value is -2.55. The fourth-order valence-corrected chi connectivity index (χ4v) is 1.61. The van der Waals surface area contributed by atoms with Crippen LogP contribution in [0.5, 0.6) is 5.75 Å². The van der Waals surface area contributed by atoms with E-state index in [4.69, 9.17) is 4.74 Å². The van der Waals surface area contributed by atoms with Crippen LogP contribution in [0, 0.1) is 0 Å². The normalized spacial score (nSPS) is 9.68. The lowest BCUT2D eigenvalue weighted by Crippen LogP contribution is -2.11. The number of anilines is 1. The van der Waals surface area contributed by atoms with Crippen LogP contribution in [0.25, 0.3) is 0 Å². The molecule has 0 fully saturated rings. The zero-order valence-corrected chi connectivity index (χ0v) is 10.5. The van der Waals surface area contributed by atoms with E-state index in [0.29, 0.717) is 17.9 Å². The van der Waals surface area contributed by atoms with Crippen LogP contribution in [0.3, 0.4) is 0 Å². The Morgan fingerprint density at radius 1 is 1.16 bits per heavy atom. The van der Waals surface area contributed by atoms with Gasteiger partial charge in [-0.15, -0.1) is 0 Å². The summed E-state index contributed by atoms with van der Waals surface area (Å²) in [6, 6.07) is 16.4. The summed E-state index contributed by atoms with van der Waals surface area (Å²) in [5, 5.41) is 2.83. The van der Waals surface area contributed by atoms with Crippen LogP contribution in [0.2, 0.25) is 0 Å². The predicted octanol–water partition coefficient (Wildman–Crippen LogP) is 3.50. The largest absolute Gasteiger partial charge is 0.490 e. The molecule has 0 saturated carbocycles. The van der Waals surface area contributed by atoms with E-state index in [9.17, 15) is 4.79 Å². The molecule has 96 valence electrons. The van der Waals surface area contributed by atoms with E-state index in [1.807, 2.05) is 36.4 Å². The van der Waals surface area contributed by atoms with Gasteiger partial charge in [-0.25, -0.2) is 0 Å². The van der Waals surface area contributed by atoms with Crippen LogP contribution in [0.15, 0.2) is 67.3 Å². The van der Waals surface area contributed by atoms with Crippen LogP contribution >= 0.6 is 0 Å². The summed E-state index contributed by atoms with van der Waals surface area (Å²) in [7, 11) is 0. The SMILES string of the molecule is C=CCOc1cccc(C(=O)Nc2ccccc2)c1. The van der Waals surface area contributed by atoms with Crippen LogP contribution in [0.4, 0.5) is 5.69 Å². The van der Waals surface area contributed by atoms with Gasteiger partial charge in [0.15, 0.2) is 0 Å². The zero-order chi connectivity index (χ0) is 13.5. The summed E-state index contributed by atoms with van der Waals surface area (Å²) in [6.07, 6.45) is 1.66. The van der Waals surface area contributed by atoms with E-state index in [-0.39, 0.29) is 5.91 Å². The molecule has 1 amide bonds. The molecule has 2 rings (SSSR count). The highest BCUT2D eigenvalue weighted by Crippen LogP contribution is 2.15. The van der Waals surface area contributed by atoms with Crippen LogP contribution < -0.4 is 10.1 Å². The van der Waals surface area contributed by atoms with Crippen molar-refractivity contribution in [1.29, 1.82) is 0 Å². The van der Waals surface area contributed by atoms with Crippen LogP contribution in [0.1, 0.15) is 10.4 Å². The molecule has 19 heavy (non-hydrogen) atoms. The summed E-state index contributed by atoms with van der Waals surface area (Å²) in [5.74, 6) is 0.496. The minimum atomic E-state index is -0.157. The summed E-state index contributed by atoms with van der Waals surface area (Å²) in [5.41, 5.74) is 1.33. The number of amides is 1. The molecule has 0 atom stereocenters. The van der Waals surface area contributed by atoms with Crippen molar-refractivity contribution < 1.29 is 9.53 Å². The number of carbonyl (C=O) groups excluding carboxylic acids is 1. The number of nitrogens with one attached hydrogen (secondary N) is 1. The second-order valence-electron chi connectivity index (χ2n) is 3.95. The number of hydrogen-bond donors (Lipinski definition) is 1. The monoisotopic (exact) mass is 253 g/mol. The van der Waals surface area contributed by atoms with Crippen molar-refractivity contribution >= 4 is 11.6 Å². The Balaban J connectivity index is 2.08. The average molecular weight is 253 g/mol. The molecule has 0 saturated heterocycles. The molecule has 0 aliphatic heterocycles. The Labute approximate surface area is 112 Å². The molecular formula is C16H15NO2. The van der Waals surface area contributed by atoms with Crippen molar-refractivity contribution in [3.63, 3.8) is 0 Å². The molecule has 0 bridgehead atoms. The number of para-hydroxylation sites is 1. The standard InChI is InChI=1S/C16H15NO2/c1-2-11-19-15-10-6-7-13(12-15)16(18)17-14-8-4-3-5-9-14/h2-10,12H,1,11H2,(H,17,18). The van der Waals surface area contributed by atoms with Gasteiger partial charge in [0.25, 0.3) is 5.91 Å². The van der Waals surface area contributed by atoms with Gasteiger partial charge in [0, 0.05) is 11.3 Å². The molecule has 0 spiro atoms. The van der Waals surface area contributed by atoms with Gasteiger partial charge in [-0.2, -0.15) is 0 Å². The molecule has 3 heteroatoms. The lowest BCUT2D eigenvalue weighted by molar-refractivity contribution is 0.102. The average Bonchev–Trinajstić information content (AvgIpc) is 2.46. The first-order valence-electron chi connectivity index (χ1n) is 6.00. The highest BCUT2D eigenvalue weighted by atomic mass is 16.5. The third-order valence-electron chi connectivity index (χ3n) is 2.50. The van der Waals surface area contributed by atoms with E-state index >= 15 is 0 Å². The molecule has 0 aliphatic carbocycles. The Kier molecular flexibility index (Phi) is 4.34. The zero-order valence-electron chi connectivity index (χ0n) is 10.5. The fraction of sp³-hybridized carbons (Fsp3) is 0.0625. The molecule has 0 aromatic heterocycles. The number of rotatable bonds is 5. The Morgan fingerprint density at radius 2 is 1.95 bits per heavy atom. The third-order valence-corrected chi connectivity index (χ3v) is 2.50. The maximum Gasteiger partial charge on any atom is 0.255 e. The molecule has 2 aromatic carbocycles. The molecule has 0 heterocycles. The number of ether oxygens (including phenoxy) is 1. The van der Waals surface area contributed by atoms with E-state index < -0.39 is 0 Å². The molecule has 0 aliphatic rings. The first kappa shape index (κ1) is 12.9. The van der Waals surface area contributed by atoms with E-state index in [2.05, 4.69) is 11.9 Å². The minimum Gasteiger partial charge on any atom is -0.490 e. The molecule has 2 aromatic rings. The molecular weight excluding hydrogens is 238 g/mol. The summed E-state index contributed by atoms with van der Waals surface area (Å²) in [6.45, 7) is 4.01.